The van der Waals surface area contributed by atoms with E-state index in [1.165, 1.54) is 0 Å². The van der Waals surface area contributed by atoms with E-state index in [2.05, 4.69) is 19.1 Å². The maximum Gasteiger partial charge on any atom is 0.123 e. The average molecular weight is 250 g/mol. The molecule has 2 atom stereocenters. The fourth-order valence-corrected chi connectivity index (χ4v) is 3.24. The van der Waals surface area contributed by atoms with Gasteiger partial charge >= 0.3 is 0 Å². The lowest BCUT2D eigenvalue weighted by molar-refractivity contribution is 0.127. The molecule has 1 aliphatic heterocycles. The van der Waals surface area contributed by atoms with E-state index in [4.69, 9.17) is 15.9 Å². The molecule has 0 amide bonds. The van der Waals surface area contributed by atoms with Crippen LogP contribution in [0.3, 0.4) is 0 Å². The first-order chi connectivity index (χ1) is 8.08. The molecule has 2 rings (SSSR count). The molecular formula is C13H18N2OS. The van der Waals surface area contributed by atoms with Gasteiger partial charge in [-0.05, 0) is 32.4 Å². The number of benzene rings is 1. The Morgan fingerprint density at radius 1 is 1.53 bits per heavy atom. The van der Waals surface area contributed by atoms with Gasteiger partial charge in [-0.15, -0.1) is 11.8 Å². The van der Waals surface area contributed by atoms with Crippen molar-refractivity contribution in [2.45, 2.75) is 36.5 Å². The van der Waals surface area contributed by atoms with Gasteiger partial charge in [0, 0.05) is 22.3 Å². The van der Waals surface area contributed by atoms with Crippen LogP contribution >= 0.6 is 11.8 Å². The van der Waals surface area contributed by atoms with Gasteiger partial charge in [-0.3, -0.25) is 5.41 Å². The molecule has 1 aromatic rings. The number of nitrogens with two attached hydrogens (primary N) is 1. The Hall–Kier alpha value is -1.00. The number of hydrogen-bond acceptors (Lipinski definition) is 3. The maximum absolute atomic E-state index is 7.63. The Labute approximate surface area is 106 Å². The minimum Gasteiger partial charge on any atom is -0.384 e. The summed E-state index contributed by atoms with van der Waals surface area (Å²) in [6.45, 7) is 4.95. The van der Waals surface area contributed by atoms with Crippen molar-refractivity contribution < 1.29 is 4.74 Å². The van der Waals surface area contributed by atoms with Gasteiger partial charge in [0.15, 0.2) is 0 Å². The van der Waals surface area contributed by atoms with Crippen LogP contribution in [-0.2, 0) is 4.74 Å². The number of nitrogens with one attached hydrogen (secondary N) is 1. The molecule has 0 aromatic heterocycles. The number of thioether (sulfide) groups is 1. The van der Waals surface area contributed by atoms with Crippen molar-refractivity contribution in [1.29, 1.82) is 5.41 Å². The smallest absolute Gasteiger partial charge is 0.123 e. The Balaban J connectivity index is 2.22. The van der Waals surface area contributed by atoms with Crippen molar-refractivity contribution in [1.82, 2.24) is 0 Å². The molecule has 1 heterocycles. The van der Waals surface area contributed by atoms with Crippen LogP contribution in [0, 0.1) is 12.3 Å². The highest BCUT2D eigenvalue weighted by Crippen LogP contribution is 2.34. The molecule has 0 radical (unpaired) electrons. The summed E-state index contributed by atoms with van der Waals surface area (Å²) in [4.78, 5) is 1.09. The van der Waals surface area contributed by atoms with Crippen molar-refractivity contribution in [3.63, 3.8) is 0 Å². The molecule has 0 spiro atoms. The second kappa shape index (κ2) is 5.10. The van der Waals surface area contributed by atoms with E-state index < -0.39 is 0 Å². The van der Waals surface area contributed by atoms with Crippen molar-refractivity contribution in [2.75, 3.05) is 6.61 Å². The second-order valence-corrected chi connectivity index (χ2v) is 5.72. The third-order valence-electron chi connectivity index (χ3n) is 3.01. The zero-order chi connectivity index (χ0) is 12.4. The molecular weight excluding hydrogens is 232 g/mol. The van der Waals surface area contributed by atoms with Gasteiger partial charge in [0.1, 0.15) is 5.84 Å². The fourth-order valence-electron chi connectivity index (χ4n) is 1.99. The lowest BCUT2D eigenvalue weighted by Crippen LogP contribution is -2.16. The molecule has 92 valence electrons. The van der Waals surface area contributed by atoms with Crippen LogP contribution in [0.5, 0.6) is 0 Å². The monoisotopic (exact) mass is 250 g/mol. The summed E-state index contributed by atoms with van der Waals surface area (Å²) < 4.78 is 5.56. The SMILES string of the molecule is Cc1ccc(SC2CCOC2C)c(C(=N)N)c1. The van der Waals surface area contributed by atoms with Crippen LogP contribution in [0.15, 0.2) is 23.1 Å². The van der Waals surface area contributed by atoms with Gasteiger partial charge in [-0.1, -0.05) is 11.6 Å². The molecule has 0 aliphatic carbocycles. The van der Waals surface area contributed by atoms with Crippen LogP contribution in [-0.4, -0.2) is 23.8 Å². The van der Waals surface area contributed by atoms with Gasteiger partial charge in [-0.2, -0.15) is 0 Å². The molecule has 4 heteroatoms. The summed E-state index contributed by atoms with van der Waals surface area (Å²) in [7, 11) is 0. The summed E-state index contributed by atoms with van der Waals surface area (Å²) >= 11 is 1.78. The normalized spacial score (nSPS) is 23.9. The predicted molar refractivity (Wildman–Crippen MR) is 71.9 cm³/mol. The van der Waals surface area contributed by atoms with Crippen LogP contribution in [0.25, 0.3) is 0 Å². The van der Waals surface area contributed by atoms with Crippen molar-refractivity contribution in [3.05, 3.63) is 29.3 Å². The summed E-state index contributed by atoms with van der Waals surface area (Å²) in [5, 5.41) is 8.10. The topological polar surface area (TPSA) is 59.1 Å². The van der Waals surface area contributed by atoms with Gasteiger partial charge in [0.2, 0.25) is 0 Å². The van der Waals surface area contributed by atoms with Gasteiger partial charge in [0.25, 0.3) is 0 Å². The molecule has 0 bridgehead atoms. The van der Waals surface area contributed by atoms with E-state index in [-0.39, 0.29) is 11.9 Å². The molecule has 17 heavy (non-hydrogen) atoms. The van der Waals surface area contributed by atoms with Crippen LogP contribution in [0.1, 0.15) is 24.5 Å². The Morgan fingerprint density at radius 2 is 2.29 bits per heavy atom. The highest BCUT2D eigenvalue weighted by Gasteiger charge is 2.26. The quantitative estimate of drug-likeness (QED) is 0.640. The number of amidine groups is 1. The summed E-state index contributed by atoms with van der Waals surface area (Å²) in [6, 6.07) is 6.10. The standard InChI is InChI=1S/C13H18N2OS/c1-8-3-4-12(10(7-8)13(14)15)17-11-5-6-16-9(11)2/h3-4,7,9,11H,5-6H2,1-2H3,(H3,14,15). The van der Waals surface area contributed by atoms with Gasteiger partial charge in [-0.25, -0.2) is 0 Å². The fraction of sp³-hybridized carbons (Fsp3) is 0.462. The van der Waals surface area contributed by atoms with Crippen LogP contribution in [0.2, 0.25) is 0 Å². The minimum absolute atomic E-state index is 0.141. The number of nitrogen functional groups attached to an aromatic ring is 1. The highest BCUT2D eigenvalue weighted by molar-refractivity contribution is 8.00. The molecule has 1 fully saturated rings. The molecule has 3 nitrogen and oxygen atoms in total. The van der Waals surface area contributed by atoms with Gasteiger partial charge < -0.3 is 10.5 Å². The maximum atomic E-state index is 7.63. The molecule has 1 saturated heterocycles. The first kappa shape index (κ1) is 12.5. The van der Waals surface area contributed by atoms with Crippen molar-refractivity contribution in [2.24, 2.45) is 5.73 Å². The zero-order valence-electron chi connectivity index (χ0n) is 10.2. The Kier molecular flexibility index (Phi) is 3.74. The molecule has 0 saturated carbocycles. The summed E-state index contributed by atoms with van der Waals surface area (Å²) in [5.41, 5.74) is 7.61. The first-order valence-corrected chi connectivity index (χ1v) is 6.69. The summed E-state index contributed by atoms with van der Waals surface area (Å²) in [6.07, 6.45) is 1.35. The van der Waals surface area contributed by atoms with E-state index in [1.807, 2.05) is 13.0 Å². The van der Waals surface area contributed by atoms with Crippen LogP contribution in [0.4, 0.5) is 0 Å². The van der Waals surface area contributed by atoms with Crippen LogP contribution < -0.4 is 5.73 Å². The van der Waals surface area contributed by atoms with Crippen molar-refractivity contribution in [3.8, 4) is 0 Å². The number of ether oxygens (including phenoxy) is 1. The largest absolute Gasteiger partial charge is 0.384 e. The van der Waals surface area contributed by atoms with E-state index in [0.29, 0.717) is 5.25 Å². The lowest BCUT2D eigenvalue weighted by atomic mass is 10.1. The van der Waals surface area contributed by atoms with Crippen molar-refractivity contribution >= 4 is 17.6 Å². The molecule has 2 unspecified atom stereocenters. The lowest BCUT2D eigenvalue weighted by Gasteiger charge is -2.16. The number of hydrogen-bond donors (Lipinski definition) is 2. The zero-order valence-corrected chi connectivity index (χ0v) is 11.0. The third-order valence-corrected chi connectivity index (χ3v) is 4.54. The van der Waals surface area contributed by atoms with Gasteiger partial charge in [0.05, 0.1) is 6.10 Å². The third kappa shape index (κ3) is 2.82. The Morgan fingerprint density at radius 3 is 2.88 bits per heavy atom. The molecule has 1 aromatic carbocycles. The average Bonchev–Trinajstić information content (AvgIpc) is 2.67. The van der Waals surface area contributed by atoms with E-state index in [0.717, 1.165) is 29.1 Å². The Bertz CT molecular complexity index is 433. The van der Waals surface area contributed by atoms with E-state index in [9.17, 15) is 0 Å². The minimum atomic E-state index is 0.141. The molecule has 3 N–H and O–H groups in total. The number of rotatable bonds is 3. The number of aryl methyl sites for hydroxylation is 1. The van der Waals surface area contributed by atoms with E-state index >= 15 is 0 Å². The second-order valence-electron chi connectivity index (χ2n) is 4.43. The predicted octanol–water partition coefficient (Wildman–Crippen LogP) is 2.55. The van der Waals surface area contributed by atoms with E-state index in [1.54, 1.807) is 11.8 Å². The highest BCUT2D eigenvalue weighted by atomic mass is 32.2. The molecule has 1 aliphatic rings. The first-order valence-electron chi connectivity index (χ1n) is 5.81. The summed E-state index contributed by atoms with van der Waals surface area (Å²) in [5.74, 6) is 0.141.